The number of aromatic carboxylic acids is 1. The molecule has 2 aliphatic rings. The van der Waals surface area contributed by atoms with Crippen molar-refractivity contribution in [2.45, 2.75) is 32.1 Å². The third-order valence-corrected chi connectivity index (χ3v) is 8.16. The summed E-state index contributed by atoms with van der Waals surface area (Å²) in [4.78, 5) is 13.8. The number of benzene rings is 3. The van der Waals surface area contributed by atoms with Crippen molar-refractivity contribution in [1.82, 2.24) is 4.90 Å². The molecule has 1 N–H and O–H groups in total. The van der Waals surface area contributed by atoms with Gasteiger partial charge >= 0.3 is 5.97 Å². The zero-order valence-corrected chi connectivity index (χ0v) is 22.8. The van der Waals surface area contributed by atoms with Crippen LogP contribution in [0.5, 0.6) is 0 Å². The summed E-state index contributed by atoms with van der Waals surface area (Å²) >= 11 is 12.7. The number of carboxylic acids is 1. The van der Waals surface area contributed by atoms with Crippen molar-refractivity contribution >= 4 is 40.3 Å². The van der Waals surface area contributed by atoms with Crippen LogP contribution in [-0.4, -0.2) is 42.3 Å². The molecular weight excluding hydrogens is 546 g/mol. The van der Waals surface area contributed by atoms with Gasteiger partial charge in [0.25, 0.3) is 0 Å². The monoisotopic (exact) mass is 573 g/mol. The molecule has 3 nitrogen and oxygen atoms in total. The Labute approximate surface area is 235 Å². The largest absolute Gasteiger partial charge is 0.478 e. The Morgan fingerprint density at radius 1 is 0.949 bits per heavy atom. The lowest BCUT2D eigenvalue weighted by Crippen LogP contribution is -2.48. The van der Waals surface area contributed by atoms with E-state index >= 15 is 8.78 Å². The summed E-state index contributed by atoms with van der Waals surface area (Å²) in [7, 11) is 0. The van der Waals surface area contributed by atoms with Gasteiger partial charge in [0.1, 0.15) is 11.6 Å². The van der Waals surface area contributed by atoms with E-state index in [1.807, 2.05) is 0 Å². The molecule has 0 aromatic heterocycles. The van der Waals surface area contributed by atoms with Gasteiger partial charge in [0, 0.05) is 35.2 Å². The van der Waals surface area contributed by atoms with Crippen LogP contribution in [0.15, 0.2) is 48.5 Å². The highest BCUT2D eigenvalue weighted by Crippen LogP contribution is 2.43. The molecule has 8 heteroatoms. The van der Waals surface area contributed by atoms with Crippen LogP contribution in [0.4, 0.5) is 13.2 Å². The van der Waals surface area contributed by atoms with Crippen molar-refractivity contribution in [1.29, 1.82) is 0 Å². The van der Waals surface area contributed by atoms with Gasteiger partial charge in [-0.3, -0.25) is 4.39 Å². The first-order chi connectivity index (χ1) is 18.7. The van der Waals surface area contributed by atoms with Gasteiger partial charge in [0.05, 0.1) is 12.2 Å². The number of carbonyl (C=O) groups is 1. The number of rotatable bonds is 8. The number of alkyl halides is 1. The maximum absolute atomic E-state index is 15.9. The van der Waals surface area contributed by atoms with Gasteiger partial charge in [0.2, 0.25) is 0 Å². The number of hydrogen-bond donors (Lipinski definition) is 1. The predicted octanol–water partition coefficient (Wildman–Crippen LogP) is 8.10. The molecule has 0 saturated carbocycles. The molecular formula is C31H28Cl2F3NO2. The van der Waals surface area contributed by atoms with Crippen LogP contribution in [0, 0.1) is 17.6 Å². The highest BCUT2D eigenvalue weighted by atomic mass is 35.5. The summed E-state index contributed by atoms with van der Waals surface area (Å²) < 4.78 is 43.9. The lowest BCUT2D eigenvalue weighted by Gasteiger charge is -2.39. The third kappa shape index (κ3) is 5.88. The van der Waals surface area contributed by atoms with Gasteiger partial charge in [-0.15, -0.1) is 0 Å². The maximum atomic E-state index is 15.9. The molecule has 3 aromatic rings. The van der Waals surface area contributed by atoms with Crippen LogP contribution >= 0.6 is 23.2 Å². The minimum Gasteiger partial charge on any atom is -0.478 e. The SMILES string of the molecule is O=C(O)c1ccc2c(c1)CCCC(c1ccc(Cl)cc1Cl)=C2c1cc(F)c(CC2CN(CCCF)C2)cc1F. The summed E-state index contributed by atoms with van der Waals surface area (Å²) in [6.45, 7) is 1.80. The fourth-order valence-electron chi connectivity index (χ4n) is 5.75. The van der Waals surface area contributed by atoms with E-state index in [4.69, 9.17) is 23.2 Å². The van der Waals surface area contributed by atoms with E-state index in [-0.39, 0.29) is 23.7 Å². The zero-order valence-electron chi connectivity index (χ0n) is 21.3. The van der Waals surface area contributed by atoms with Gasteiger partial charge < -0.3 is 10.0 Å². The Morgan fingerprint density at radius 3 is 2.44 bits per heavy atom. The normalized spacial score (nSPS) is 16.1. The molecule has 3 aromatic carbocycles. The van der Waals surface area contributed by atoms with Crippen molar-refractivity contribution < 1.29 is 23.1 Å². The molecule has 0 spiro atoms. The lowest BCUT2D eigenvalue weighted by molar-refractivity contribution is 0.0696. The molecule has 0 unspecified atom stereocenters. The van der Waals surface area contributed by atoms with Crippen LogP contribution in [0.1, 0.15) is 57.4 Å². The second-order valence-electron chi connectivity index (χ2n) is 10.3. The Hall–Kier alpha value is -2.80. The Kier molecular flexibility index (Phi) is 8.36. The average molecular weight is 574 g/mol. The standard InChI is InChI=1S/C31H28Cl2F3NO2/c32-22-6-8-24(27(33)14-22)25-4-1-3-19-12-20(31(38)39)5-7-23(19)30(25)26-15-28(35)21(13-29(26)36)11-18-16-37(17-18)10-2-9-34/h5-8,12-15,18H,1-4,9-11,16-17H2,(H,38,39). The summed E-state index contributed by atoms with van der Waals surface area (Å²) in [5.41, 5.74) is 3.93. The Balaban J connectivity index is 1.59. The summed E-state index contributed by atoms with van der Waals surface area (Å²) in [5.74, 6) is -1.89. The van der Waals surface area contributed by atoms with Gasteiger partial charge in [-0.25, -0.2) is 13.6 Å². The van der Waals surface area contributed by atoms with Crippen LogP contribution in [-0.2, 0) is 12.8 Å². The van der Waals surface area contributed by atoms with E-state index in [0.717, 1.165) is 24.2 Å². The van der Waals surface area contributed by atoms with Gasteiger partial charge in [-0.05, 0) is 108 Å². The number of halogens is 5. The topological polar surface area (TPSA) is 40.5 Å². The number of nitrogens with zero attached hydrogens (tertiary/aromatic N) is 1. The second kappa shape index (κ2) is 11.7. The van der Waals surface area contributed by atoms with E-state index < -0.39 is 17.6 Å². The zero-order chi connectivity index (χ0) is 27.7. The third-order valence-electron chi connectivity index (χ3n) is 7.61. The van der Waals surface area contributed by atoms with Crippen molar-refractivity contribution in [3.63, 3.8) is 0 Å². The molecule has 5 rings (SSSR count). The highest BCUT2D eigenvalue weighted by molar-refractivity contribution is 6.36. The van der Waals surface area contributed by atoms with Crippen LogP contribution < -0.4 is 0 Å². The molecule has 1 aliphatic carbocycles. The lowest BCUT2D eigenvalue weighted by atomic mass is 9.85. The van der Waals surface area contributed by atoms with Crippen LogP contribution in [0.3, 0.4) is 0 Å². The number of carboxylic acid groups (broad SMARTS) is 1. The Bertz CT molecular complexity index is 1450. The van der Waals surface area contributed by atoms with Crippen molar-refractivity contribution in [2.24, 2.45) is 5.92 Å². The molecule has 1 saturated heterocycles. The number of hydrogen-bond acceptors (Lipinski definition) is 2. The summed E-state index contributed by atoms with van der Waals surface area (Å²) in [6, 6.07) is 12.4. The predicted molar refractivity (Wildman–Crippen MR) is 149 cm³/mol. The second-order valence-corrected chi connectivity index (χ2v) is 11.1. The number of allylic oxidation sites excluding steroid dienone is 1. The molecule has 0 radical (unpaired) electrons. The van der Waals surface area contributed by atoms with E-state index in [1.54, 1.807) is 30.3 Å². The fourth-order valence-corrected chi connectivity index (χ4v) is 6.27. The van der Waals surface area contributed by atoms with Crippen LogP contribution in [0.2, 0.25) is 10.0 Å². The minimum absolute atomic E-state index is 0.113. The summed E-state index contributed by atoms with van der Waals surface area (Å²) in [6.07, 6.45) is 2.68. The molecule has 1 aliphatic heterocycles. The first kappa shape index (κ1) is 27.8. The van der Waals surface area contributed by atoms with Gasteiger partial charge in [-0.1, -0.05) is 35.3 Å². The van der Waals surface area contributed by atoms with E-state index in [2.05, 4.69) is 4.90 Å². The quantitative estimate of drug-likeness (QED) is 0.296. The molecule has 0 amide bonds. The molecule has 39 heavy (non-hydrogen) atoms. The molecule has 0 bridgehead atoms. The Morgan fingerprint density at radius 2 is 1.72 bits per heavy atom. The fraction of sp³-hybridized carbons (Fsp3) is 0.323. The van der Waals surface area contributed by atoms with Gasteiger partial charge in [-0.2, -0.15) is 0 Å². The van der Waals surface area contributed by atoms with E-state index in [1.165, 1.54) is 18.2 Å². The molecule has 0 atom stereocenters. The van der Waals surface area contributed by atoms with Crippen molar-refractivity contribution in [2.75, 3.05) is 26.3 Å². The van der Waals surface area contributed by atoms with E-state index in [9.17, 15) is 14.3 Å². The van der Waals surface area contributed by atoms with Crippen LogP contribution in [0.25, 0.3) is 11.1 Å². The minimum atomic E-state index is -1.05. The van der Waals surface area contributed by atoms with E-state index in [0.29, 0.717) is 71.0 Å². The average Bonchev–Trinajstić information content (AvgIpc) is 3.06. The van der Waals surface area contributed by atoms with Crippen molar-refractivity contribution in [3.8, 4) is 0 Å². The number of fused-ring (bicyclic) bond motifs is 1. The van der Waals surface area contributed by atoms with Crippen molar-refractivity contribution in [3.05, 3.63) is 104 Å². The number of aryl methyl sites for hydroxylation is 1. The number of likely N-dealkylation sites (tertiary alicyclic amines) is 1. The highest BCUT2D eigenvalue weighted by Gasteiger charge is 2.29. The smallest absolute Gasteiger partial charge is 0.335 e. The molecule has 1 fully saturated rings. The first-order valence-corrected chi connectivity index (χ1v) is 13.8. The maximum Gasteiger partial charge on any atom is 0.335 e. The molecule has 204 valence electrons. The summed E-state index contributed by atoms with van der Waals surface area (Å²) in [5, 5.41) is 10.4. The molecule has 1 heterocycles. The first-order valence-electron chi connectivity index (χ1n) is 13.1. The van der Waals surface area contributed by atoms with Gasteiger partial charge in [0.15, 0.2) is 0 Å².